The maximum absolute atomic E-state index is 11.9. The smallest absolute Gasteiger partial charge is 0.502 e. The number of carbonyl (C=O) groups is 1. The summed E-state index contributed by atoms with van der Waals surface area (Å²) < 4.78 is 86.4. The van der Waals surface area contributed by atoms with Gasteiger partial charge in [-0.3, -0.25) is 0 Å². The van der Waals surface area contributed by atoms with Crippen LogP contribution in [0.3, 0.4) is 0 Å². The topological polar surface area (TPSA) is 72.5 Å². The van der Waals surface area contributed by atoms with Crippen LogP contribution in [-0.4, -0.2) is 49.7 Å². The van der Waals surface area contributed by atoms with E-state index in [-0.39, 0.29) is 17.8 Å². The molecule has 0 radical (unpaired) electrons. The van der Waals surface area contributed by atoms with Gasteiger partial charge in [0.15, 0.2) is 5.83 Å². The minimum Gasteiger partial charge on any atom is -0.502 e. The molecule has 0 bridgehead atoms. The Bertz CT molecular complexity index is 2110. The summed E-state index contributed by atoms with van der Waals surface area (Å²) in [6, 6.07) is 19.0. The average molecular weight is 1220 g/mol. The van der Waals surface area contributed by atoms with Crippen LogP contribution in [0.15, 0.2) is 97.5 Å². The van der Waals surface area contributed by atoms with Gasteiger partial charge in [0.25, 0.3) is 6.58 Å². The molecule has 1 amide bonds. The molecule has 0 atom stereocenters. The van der Waals surface area contributed by atoms with E-state index in [1.165, 1.54) is 53.2 Å². The molecule has 8 nitrogen and oxygen atoms in total. The third kappa shape index (κ3) is 34.2. The van der Waals surface area contributed by atoms with Crippen molar-refractivity contribution in [2.24, 2.45) is 5.92 Å². The van der Waals surface area contributed by atoms with Crippen LogP contribution in [0.2, 0.25) is 0 Å². The van der Waals surface area contributed by atoms with Gasteiger partial charge in [-0.15, -0.1) is 8.78 Å². The van der Waals surface area contributed by atoms with E-state index < -0.39 is 37.6 Å². The zero-order chi connectivity index (χ0) is 59.4. The number of unbranched alkanes of at least 4 members (excludes halogenated alkanes) is 2. The molecule has 0 spiro atoms. The van der Waals surface area contributed by atoms with Crippen molar-refractivity contribution in [2.75, 3.05) is 48.0 Å². The van der Waals surface area contributed by atoms with Crippen molar-refractivity contribution in [3.8, 4) is 5.75 Å². The molecule has 77 heavy (non-hydrogen) atoms. The van der Waals surface area contributed by atoms with Crippen LogP contribution in [0.25, 0.3) is 0 Å². The van der Waals surface area contributed by atoms with Gasteiger partial charge in [0.05, 0.1) is 19.5 Å². The molecule has 1 aliphatic rings. The Morgan fingerprint density at radius 2 is 1.16 bits per heavy atom. The number of rotatable bonds is 20. The van der Waals surface area contributed by atoms with Gasteiger partial charge in [-0.25, -0.2) is 8.78 Å². The van der Waals surface area contributed by atoms with Gasteiger partial charge in [-0.05, 0) is 72.6 Å². The standard InChI is InChI=1S/C27H39N2.C15H21NO3.C7H13FO.C6H12O.C3H3F3.C2HF2.2ClH.Ru/c1-18(2)22-11-9-12-23(19(3)4)26(22)28-15-16-29(17-28)27-24(20(5)6)13-10-14-25(27)21(7)8;1-10(2)9-18-15(17)16-13-6-7-14(12(5)8-13)19-11(3)4;1-3-4-5-9-6-7(2)8;1-3-5-6-7-4-2;1-2(4)3(5)6;1-2(3)4;;;/h9-14,17-21H,15-16H2,1-8H3;5-8,10-11H,9H2,1-4H3,(H,16,17);6H,3-5H2,1-2H3;4H,2-3,5-6H2,1H3;1H3;1H;2*1H;/q-1;;;;;+1;;;+2/p-2. The first-order valence-electron chi connectivity index (χ1n) is 26.0. The molecule has 3 aromatic carbocycles. The Morgan fingerprint density at radius 3 is 1.48 bits per heavy atom. The summed E-state index contributed by atoms with van der Waals surface area (Å²) in [4.78, 5) is 16.7. The Kier molecular flexibility index (Phi) is 41.0. The molecule has 1 saturated heterocycles. The third-order valence-corrected chi connectivity index (χ3v) is 12.2. The van der Waals surface area contributed by atoms with Gasteiger partial charge in [0, 0.05) is 24.5 Å². The normalized spacial score (nSPS) is 11.9. The molecule has 0 unspecified atom stereocenters. The van der Waals surface area contributed by atoms with E-state index in [4.69, 9.17) is 38.3 Å². The minimum atomic E-state index is -2.24. The summed E-state index contributed by atoms with van der Waals surface area (Å²) in [6.45, 7) is 45.9. The second kappa shape index (κ2) is 42.4. The first-order valence-corrected chi connectivity index (χ1v) is 31.5. The average Bonchev–Trinajstić information content (AvgIpc) is 3.83. The molecule has 17 heteroatoms. The Morgan fingerprint density at radius 1 is 0.740 bits per heavy atom. The second-order valence-electron chi connectivity index (χ2n) is 19.4. The van der Waals surface area contributed by atoms with E-state index in [0.717, 1.165) is 50.8 Å². The van der Waals surface area contributed by atoms with E-state index in [0.29, 0.717) is 55.2 Å². The summed E-state index contributed by atoms with van der Waals surface area (Å²) in [5.74, 6) is 1.36. The molecule has 1 aliphatic heterocycles. The predicted molar refractivity (Wildman–Crippen MR) is 310 cm³/mol. The van der Waals surface area contributed by atoms with Crippen molar-refractivity contribution in [3.63, 3.8) is 0 Å². The SMILES string of the molecule is C=COCCCC.CC(C)COC(=O)Nc1ccc(OC(C)C)c([CH]=[Ru]([Cl])[Cl])c1.CC(C)c1cccc(C(C)C)c1N1[CH-]N(c2c(C(C)C)cccc2C(C)C)CC1.CC(F)=C(F)F.CCCCOC=C(C)F.[CH+]=C(F)F. The van der Waals surface area contributed by atoms with Crippen molar-refractivity contribution >= 4 is 47.1 Å². The molecule has 1 heterocycles. The van der Waals surface area contributed by atoms with E-state index in [1.807, 2.05) is 27.7 Å². The first-order chi connectivity index (χ1) is 36.1. The van der Waals surface area contributed by atoms with Gasteiger partial charge in [0.2, 0.25) is 0 Å². The molecular weight excluding hydrogens is 1130 g/mol. The third-order valence-electron chi connectivity index (χ3n) is 10.3. The largest absolute Gasteiger partial charge is 0.518 e. The van der Waals surface area contributed by atoms with Crippen LogP contribution in [0.4, 0.5) is 48.2 Å². The molecule has 0 aliphatic carbocycles. The van der Waals surface area contributed by atoms with Crippen LogP contribution in [0.1, 0.15) is 188 Å². The van der Waals surface area contributed by atoms with E-state index in [9.17, 15) is 31.1 Å². The second-order valence-corrected chi connectivity index (χ2v) is 25.2. The first kappa shape index (κ1) is 74.5. The molecule has 438 valence electrons. The number of amides is 1. The van der Waals surface area contributed by atoms with E-state index >= 15 is 0 Å². The number of hydrogen-bond donors (Lipinski definition) is 1. The van der Waals surface area contributed by atoms with Gasteiger partial charge in [0.1, 0.15) is 12.1 Å². The summed E-state index contributed by atoms with van der Waals surface area (Å²) >= 11 is -2.00. The number of benzene rings is 3. The number of anilines is 3. The zero-order valence-corrected chi connectivity index (χ0v) is 51.7. The number of hydrogen-bond acceptors (Lipinski definition) is 7. The fraction of sp³-hybridized carbons (Fsp3) is 0.517. The predicted octanol–water partition coefficient (Wildman–Crippen LogP) is 20.2. The summed E-state index contributed by atoms with van der Waals surface area (Å²) in [6.07, 6.45) is 2.25. The quantitative estimate of drug-likeness (QED) is 0.0397. The zero-order valence-electron chi connectivity index (χ0n) is 48.4. The Hall–Kier alpha value is -4.55. The van der Waals surface area contributed by atoms with Crippen LogP contribution in [-0.2, 0) is 27.7 Å². The van der Waals surface area contributed by atoms with Crippen LogP contribution < -0.4 is 19.9 Å². The molecule has 1 N–H and O–H groups in total. The number of ether oxygens (including phenoxy) is 4. The fourth-order valence-electron chi connectivity index (χ4n) is 6.78. The van der Waals surface area contributed by atoms with Crippen molar-refractivity contribution in [1.29, 1.82) is 0 Å². The summed E-state index contributed by atoms with van der Waals surface area (Å²) in [5, 5.41) is 2.68. The van der Waals surface area contributed by atoms with Crippen molar-refractivity contribution in [3.05, 3.63) is 139 Å². The van der Waals surface area contributed by atoms with Crippen LogP contribution >= 0.6 is 19.4 Å². The molecule has 0 aromatic heterocycles. The maximum atomic E-state index is 11.9. The number of nitrogens with one attached hydrogen (secondary N) is 1. The number of para-hydroxylation sites is 2. The van der Waals surface area contributed by atoms with Crippen LogP contribution in [0, 0.1) is 19.2 Å². The van der Waals surface area contributed by atoms with Gasteiger partial charge in [-0.1, -0.05) is 125 Å². The minimum absolute atomic E-state index is 0.0354. The molecule has 4 rings (SSSR count). The number of carbonyl (C=O) groups excluding carboxylic acids is 1. The number of nitrogens with zero attached hydrogens (tertiary/aromatic N) is 2. The van der Waals surface area contributed by atoms with Crippen molar-refractivity contribution in [1.82, 2.24) is 0 Å². The summed E-state index contributed by atoms with van der Waals surface area (Å²) in [5.41, 5.74) is 10.1. The monoisotopic (exact) mass is 1220 g/mol. The Labute approximate surface area is 472 Å². The number of halogens is 8. The van der Waals surface area contributed by atoms with E-state index in [1.54, 1.807) is 22.8 Å². The fourth-order valence-corrected chi connectivity index (χ4v) is 8.57. The van der Waals surface area contributed by atoms with Gasteiger partial charge >= 0.3 is 157 Å². The Balaban J connectivity index is 0. The van der Waals surface area contributed by atoms with Gasteiger partial charge < -0.3 is 19.3 Å². The van der Waals surface area contributed by atoms with E-state index in [2.05, 4.69) is 141 Å². The van der Waals surface area contributed by atoms with Gasteiger partial charge in [-0.2, -0.15) is 15.4 Å². The number of allylic oxidation sites excluding steroid dienone is 2. The molecular formula is C60H89Cl2F6N3O5Ru. The van der Waals surface area contributed by atoms with Crippen LogP contribution in [0.5, 0.6) is 5.75 Å². The maximum Gasteiger partial charge on any atom is 0.518 e. The van der Waals surface area contributed by atoms with Crippen molar-refractivity contribution < 1.29 is 63.6 Å². The summed E-state index contributed by atoms with van der Waals surface area (Å²) in [7, 11) is 11.9. The molecule has 1 fully saturated rings. The van der Waals surface area contributed by atoms with Crippen molar-refractivity contribution in [2.45, 2.75) is 166 Å². The molecule has 0 saturated carbocycles. The molecule has 3 aromatic rings.